The first-order chi connectivity index (χ1) is 14.5. The van der Waals surface area contributed by atoms with E-state index < -0.39 is 23.5 Å². The number of ketones is 1. The molecule has 1 amide bonds. The summed E-state index contributed by atoms with van der Waals surface area (Å²) in [6, 6.07) is 15.6. The van der Waals surface area contributed by atoms with E-state index in [4.69, 9.17) is 9.15 Å². The van der Waals surface area contributed by atoms with Crippen LogP contribution in [0.1, 0.15) is 28.6 Å². The number of hydrogen-bond acceptors (Lipinski definition) is 5. The van der Waals surface area contributed by atoms with Crippen molar-refractivity contribution in [1.29, 1.82) is 0 Å². The number of furan rings is 1. The van der Waals surface area contributed by atoms with Crippen molar-refractivity contribution < 1.29 is 23.8 Å². The third-order valence-electron chi connectivity index (χ3n) is 5.11. The molecule has 3 aromatic rings. The third-order valence-corrected chi connectivity index (χ3v) is 5.61. The Kier molecular flexibility index (Phi) is 5.74. The number of carbonyl (C=O) groups is 2. The second-order valence-corrected chi connectivity index (χ2v) is 7.96. The van der Waals surface area contributed by atoms with Gasteiger partial charge in [0.15, 0.2) is 11.5 Å². The first kappa shape index (κ1) is 20.4. The first-order valence-corrected chi connectivity index (χ1v) is 10.3. The molecule has 0 fully saturated rings. The zero-order valence-corrected chi connectivity index (χ0v) is 17.9. The lowest BCUT2D eigenvalue weighted by molar-refractivity contribution is -0.129. The minimum atomic E-state index is -0.692. The molecule has 0 aliphatic carbocycles. The van der Waals surface area contributed by atoms with Gasteiger partial charge in [-0.25, -0.2) is 0 Å². The molecule has 2 aromatic carbocycles. The van der Waals surface area contributed by atoms with Gasteiger partial charge in [0, 0.05) is 30.1 Å². The Morgan fingerprint density at radius 1 is 1.20 bits per heavy atom. The lowest BCUT2D eigenvalue weighted by Gasteiger charge is -2.26. The Morgan fingerprint density at radius 2 is 1.97 bits per heavy atom. The Labute approximate surface area is 181 Å². The van der Waals surface area contributed by atoms with Crippen LogP contribution in [0.15, 0.2) is 74.8 Å². The number of carbonyl (C=O) groups excluding carboxylic acids is 2. The van der Waals surface area contributed by atoms with Crippen LogP contribution in [0.25, 0.3) is 11.0 Å². The summed E-state index contributed by atoms with van der Waals surface area (Å²) in [6.07, 6.45) is 0.582. The van der Waals surface area contributed by atoms with E-state index in [0.29, 0.717) is 25.2 Å². The molecule has 0 spiro atoms. The number of methoxy groups -OCH3 is 1. The van der Waals surface area contributed by atoms with Crippen molar-refractivity contribution >= 4 is 38.6 Å². The molecule has 6 nitrogen and oxygen atoms in total. The number of ether oxygens (including phenoxy) is 1. The molecule has 0 radical (unpaired) electrons. The minimum Gasteiger partial charge on any atom is -0.503 e. The fraction of sp³-hybridized carbons (Fsp3) is 0.217. The van der Waals surface area contributed by atoms with E-state index in [1.54, 1.807) is 19.2 Å². The summed E-state index contributed by atoms with van der Waals surface area (Å²) in [6.45, 7) is 0.813. The zero-order valence-electron chi connectivity index (χ0n) is 16.3. The van der Waals surface area contributed by atoms with Crippen LogP contribution < -0.4 is 0 Å². The number of fused-ring (bicyclic) bond motifs is 1. The first-order valence-electron chi connectivity index (χ1n) is 9.53. The molecule has 1 N–H and O–H groups in total. The van der Waals surface area contributed by atoms with Gasteiger partial charge in [-0.05, 0) is 36.2 Å². The number of aliphatic hydroxyl groups excluding tert-OH is 1. The van der Waals surface area contributed by atoms with E-state index in [9.17, 15) is 14.7 Å². The highest BCUT2D eigenvalue weighted by atomic mass is 79.9. The largest absolute Gasteiger partial charge is 0.503 e. The maximum absolute atomic E-state index is 13.4. The predicted molar refractivity (Wildman–Crippen MR) is 115 cm³/mol. The molecule has 7 heteroatoms. The summed E-state index contributed by atoms with van der Waals surface area (Å²) >= 11 is 3.40. The second kappa shape index (κ2) is 8.45. The average molecular weight is 470 g/mol. The molecular weight excluding hydrogens is 450 g/mol. The van der Waals surface area contributed by atoms with Crippen LogP contribution >= 0.6 is 15.9 Å². The number of hydrogen-bond donors (Lipinski definition) is 1. The number of aliphatic hydroxyl groups is 1. The van der Waals surface area contributed by atoms with Crippen LogP contribution in [0.3, 0.4) is 0 Å². The fourth-order valence-corrected chi connectivity index (χ4v) is 4.11. The smallest absolute Gasteiger partial charge is 0.290 e. The van der Waals surface area contributed by atoms with Gasteiger partial charge in [0.2, 0.25) is 5.78 Å². The lowest BCUT2D eigenvalue weighted by Crippen LogP contribution is -2.32. The molecule has 2 heterocycles. The standard InChI is InChI=1S/C23H20BrNO5/c1-29-11-5-10-25-20(14-6-3-2-4-7-14)19(22(27)23(25)28)21(26)18-13-15-12-16(24)8-9-17(15)30-18/h2-4,6-9,12-13,20,27H,5,10-11H2,1H3. The number of nitrogens with zero attached hydrogens (tertiary/aromatic N) is 1. The Balaban J connectivity index is 1.76. The molecular formula is C23H20BrNO5. The molecule has 4 rings (SSSR count). The summed E-state index contributed by atoms with van der Waals surface area (Å²) < 4.78 is 11.7. The van der Waals surface area contributed by atoms with Gasteiger partial charge in [0.05, 0.1) is 11.6 Å². The van der Waals surface area contributed by atoms with Crippen molar-refractivity contribution in [3.05, 3.63) is 81.7 Å². The number of amides is 1. The van der Waals surface area contributed by atoms with Crippen molar-refractivity contribution in [1.82, 2.24) is 4.90 Å². The maximum atomic E-state index is 13.4. The van der Waals surface area contributed by atoms with E-state index in [0.717, 1.165) is 15.4 Å². The minimum absolute atomic E-state index is 0.0294. The monoisotopic (exact) mass is 469 g/mol. The van der Waals surface area contributed by atoms with Crippen molar-refractivity contribution in [2.75, 3.05) is 20.3 Å². The molecule has 0 saturated heterocycles. The summed E-state index contributed by atoms with van der Waals surface area (Å²) in [5.74, 6) is -1.52. The molecule has 154 valence electrons. The van der Waals surface area contributed by atoms with Gasteiger partial charge >= 0.3 is 0 Å². The normalized spacial score (nSPS) is 16.7. The van der Waals surface area contributed by atoms with Crippen LogP contribution in [-0.4, -0.2) is 42.0 Å². The number of halogens is 1. The van der Waals surface area contributed by atoms with Crippen molar-refractivity contribution in [2.24, 2.45) is 0 Å². The van der Waals surface area contributed by atoms with Crippen LogP contribution in [0, 0.1) is 0 Å². The molecule has 1 aromatic heterocycles. The summed E-state index contributed by atoms with van der Waals surface area (Å²) in [5, 5.41) is 11.4. The summed E-state index contributed by atoms with van der Waals surface area (Å²) in [5.41, 5.74) is 1.33. The summed E-state index contributed by atoms with van der Waals surface area (Å²) in [7, 11) is 1.59. The van der Waals surface area contributed by atoms with Crippen LogP contribution in [0.2, 0.25) is 0 Å². The highest BCUT2D eigenvalue weighted by molar-refractivity contribution is 9.10. The molecule has 0 bridgehead atoms. The summed E-state index contributed by atoms with van der Waals surface area (Å²) in [4.78, 5) is 27.7. The van der Waals surface area contributed by atoms with Gasteiger partial charge in [-0.3, -0.25) is 9.59 Å². The molecule has 1 atom stereocenters. The van der Waals surface area contributed by atoms with Gasteiger partial charge in [0.1, 0.15) is 5.58 Å². The van der Waals surface area contributed by atoms with E-state index in [2.05, 4.69) is 15.9 Å². The van der Waals surface area contributed by atoms with Gasteiger partial charge in [0.25, 0.3) is 5.91 Å². The SMILES string of the molecule is COCCCN1C(=O)C(O)=C(C(=O)c2cc3cc(Br)ccc3o2)C1c1ccccc1. The molecule has 0 saturated carbocycles. The molecule has 1 aliphatic rings. The fourth-order valence-electron chi connectivity index (χ4n) is 3.74. The number of benzene rings is 2. The number of rotatable bonds is 7. The zero-order chi connectivity index (χ0) is 21.3. The van der Waals surface area contributed by atoms with Crippen LogP contribution in [-0.2, 0) is 9.53 Å². The Morgan fingerprint density at radius 3 is 2.70 bits per heavy atom. The van der Waals surface area contributed by atoms with E-state index >= 15 is 0 Å². The van der Waals surface area contributed by atoms with Gasteiger partial charge in [-0.2, -0.15) is 0 Å². The van der Waals surface area contributed by atoms with Gasteiger partial charge < -0.3 is 19.2 Å². The van der Waals surface area contributed by atoms with Crippen LogP contribution in [0.5, 0.6) is 0 Å². The molecule has 1 unspecified atom stereocenters. The second-order valence-electron chi connectivity index (χ2n) is 7.04. The maximum Gasteiger partial charge on any atom is 0.290 e. The van der Waals surface area contributed by atoms with Gasteiger partial charge in [-0.15, -0.1) is 0 Å². The number of Topliss-reactive ketones (excluding diaryl/α,β-unsaturated/α-hetero) is 1. The van der Waals surface area contributed by atoms with E-state index in [1.165, 1.54) is 4.90 Å². The Hall–Kier alpha value is -2.90. The van der Waals surface area contributed by atoms with Crippen molar-refractivity contribution in [3.8, 4) is 0 Å². The van der Waals surface area contributed by atoms with Crippen molar-refractivity contribution in [2.45, 2.75) is 12.5 Å². The van der Waals surface area contributed by atoms with Gasteiger partial charge in [-0.1, -0.05) is 46.3 Å². The molecule has 30 heavy (non-hydrogen) atoms. The topological polar surface area (TPSA) is 80.0 Å². The van der Waals surface area contributed by atoms with E-state index in [1.807, 2.05) is 42.5 Å². The third kappa shape index (κ3) is 3.66. The van der Waals surface area contributed by atoms with Crippen LogP contribution in [0.4, 0.5) is 0 Å². The highest BCUT2D eigenvalue weighted by Gasteiger charge is 2.44. The Bertz CT molecular complexity index is 1130. The van der Waals surface area contributed by atoms with Crippen molar-refractivity contribution in [3.63, 3.8) is 0 Å². The van der Waals surface area contributed by atoms with E-state index in [-0.39, 0.29) is 11.3 Å². The highest BCUT2D eigenvalue weighted by Crippen LogP contribution is 2.39. The average Bonchev–Trinajstić information content (AvgIpc) is 3.28. The lowest BCUT2D eigenvalue weighted by atomic mass is 9.95. The quantitative estimate of drug-likeness (QED) is 0.396. The molecule has 1 aliphatic heterocycles. The predicted octanol–water partition coefficient (Wildman–Crippen LogP) is 4.81.